The van der Waals surface area contributed by atoms with Gasteiger partial charge in [0, 0.05) is 45.7 Å². The SMILES string of the molecule is CNc1ccn(CCOCCO)c1C(N)=Nc1ccc(OC2CCN(C(=O)NCC(F)(F)F)CC2)c(Cl)c1. The minimum Gasteiger partial charge on any atom is -0.489 e. The Bertz CT molecular complexity index is 1100. The number of likely N-dealkylation sites (tertiary alicyclic amines) is 1. The summed E-state index contributed by atoms with van der Waals surface area (Å²) in [5.41, 5.74) is 8.32. The van der Waals surface area contributed by atoms with E-state index in [4.69, 9.17) is 31.9 Å². The molecule has 1 fully saturated rings. The number of ether oxygens (including phenoxy) is 2. The Hall–Kier alpha value is -3.16. The number of hydrogen-bond acceptors (Lipinski definition) is 6. The maximum absolute atomic E-state index is 12.3. The van der Waals surface area contributed by atoms with Crippen LogP contribution in [0.15, 0.2) is 35.5 Å². The number of aliphatic hydroxyl groups excluding tert-OH is 1. The summed E-state index contributed by atoms with van der Waals surface area (Å²) in [4.78, 5) is 17.8. The second-order valence-electron chi connectivity index (χ2n) is 8.55. The quantitative estimate of drug-likeness (QED) is 0.190. The number of rotatable bonds is 11. The first-order chi connectivity index (χ1) is 18.1. The summed E-state index contributed by atoms with van der Waals surface area (Å²) in [5, 5.41) is 14.2. The van der Waals surface area contributed by atoms with Gasteiger partial charge in [0.25, 0.3) is 0 Å². The number of anilines is 1. The highest BCUT2D eigenvalue weighted by atomic mass is 35.5. The zero-order chi connectivity index (χ0) is 27.7. The van der Waals surface area contributed by atoms with Crippen LogP contribution in [-0.4, -0.2) is 85.2 Å². The Kier molecular flexibility index (Phi) is 10.5. The molecule has 1 aliphatic rings. The number of nitrogens with two attached hydrogens (primary N) is 1. The number of carbonyl (C=O) groups is 1. The van der Waals surface area contributed by atoms with Crippen molar-refractivity contribution in [2.45, 2.75) is 31.7 Å². The number of hydrogen-bond donors (Lipinski definition) is 4. The molecule has 0 bridgehead atoms. The molecule has 2 heterocycles. The third kappa shape index (κ3) is 8.43. The van der Waals surface area contributed by atoms with E-state index in [0.717, 1.165) is 5.69 Å². The monoisotopic (exact) mass is 560 g/mol. The molecule has 2 aromatic rings. The van der Waals surface area contributed by atoms with Gasteiger partial charge in [-0.1, -0.05) is 11.6 Å². The summed E-state index contributed by atoms with van der Waals surface area (Å²) in [7, 11) is 1.78. The molecule has 0 unspecified atom stereocenters. The van der Waals surface area contributed by atoms with Gasteiger partial charge in [-0.3, -0.25) is 0 Å². The lowest BCUT2D eigenvalue weighted by Gasteiger charge is -2.32. The second kappa shape index (κ2) is 13.6. The predicted octanol–water partition coefficient (Wildman–Crippen LogP) is 3.34. The number of benzene rings is 1. The van der Waals surface area contributed by atoms with Crippen LogP contribution in [0, 0.1) is 0 Å². The van der Waals surface area contributed by atoms with Gasteiger partial charge in [0.2, 0.25) is 0 Å². The van der Waals surface area contributed by atoms with Crippen LogP contribution in [0.4, 0.5) is 29.3 Å². The summed E-state index contributed by atoms with van der Waals surface area (Å²) in [6, 6.07) is 6.14. The molecular formula is C24H32ClF3N6O4. The lowest BCUT2D eigenvalue weighted by atomic mass is 10.1. The van der Waals surface area contributed by atoms with Gasteiger partial charge < -0.3 is 40.4 Å². The number of aliphatic hydroxyl groups is 1. The van der Waals surface area contributed by atoms with E-state index in [1.807, 2.05) is 22.1 Å². The number of nitrogens with zero attached hydrogens (tertiary/aromatic N) is 3. The van der Waals surface area contributed by atoms with Crippen LogP contribution in [0.25, 0.3) is 0 Å². The number of aliphatic imine (C=N–C) groups is 1. The summed E-state index contributed by atoms with van der Waals surface area (Å²) < 4.78 is 50.2. The molecule has 1 aromatic carbocycles. The van der Waals surface area contributed by atoms with Crippen LogP contribution >= 0.6 is 11.6 Å². The van der Waals surface area contributed by atoms with Crippen LogP contribution in [0.3, 0.4) is 0 Å². The minimum absolute atomic E-state index is 0.0495. The highest BCUT2D eigenvalue weighted by Gasteiger charge is 2.30. The Morgan fingerprint density at radius 3 is 2.63 bits per heavy atom. The van der Waals surface area contributed by atoms with E-state index >= 15 is 0 Å². The Balaban J connectivity index is 1.60. The maximum atomic E-state index is 12.3. The van der Waals surface area contributed by atoms with Crippen molar-refractivity contribution in [2.75, 3.05) is 51.8 Å². The Morgan fingerprint density at radius 1 is 1.26 bits per heavy atom. The predicted molar refractivity (Wildman–Crippen MR) is 138 cm³/mol. The van der Waals surface area contributed by atoms with Crippen molar-refractivity contribution in [1.29, 1.82) is 0 Å². The van der Waals surface area contributed by atoms with Crippen LogP contribution in [0.5, 0.6) is 5.75 Å². The van der Waals surface area contributed by atoms with Crippen LogP contribution in [0.1, 0.15) is 18.5 Å². The fourth-order valence-electron chi connectivity index (χ4n) is 3.97. The molecule has 1 aromatic heterocycles. The number of urea groups is 1. The van der Waals surface area contributed by atoms with Crippen molar-refractivity contribution >= 4 is 34.8 Å². The lowest BCUT2D eigenvalue weighted by Crippen LogP contribution is -2.48. The lowest BCUT2D eigenvalue weighted by molar-refractivity contribution is -0.123. The number of carbonyl (C=O) groups excluding carboxylic acids is 1. The molecule has 38 heavy (non-hydrogen) atoms. The van der Waals surface area contributed by atoms with Gasteiger partial charge in [-0.2, -0.15) is 13.2 Å². The third-order valence-corrected chi connectivity index (χ3v) is 6.11. The van der Waals surface area contributed by atoms with E-state index in [2.05, 4.69) is 10.3 Å². The van der Waals surface area contributed by atoms with E-state index in [1.54, 1.807) is 25.2 Å². The Morgan fingerprint density at radius 2 is 2.00 bits per heavy atom. The number of nitrogens with one attached hydrogen (secondary N) is 2. The van der Waals surface area contributed by atoms with E-state index in [-0.39, 0.29) is 38.2 Å². The molecule has 14 heteroatoms. The van der Waals surface area contributed by atoms with Gasteiger partial charge >= 0.3 is 12.2 Å². The number of amides is 2. The molecule has 2 amide bonds. The van der Waals surface area contributed by atoms with Crippen LogP contribution in [-0.2, 0) is 11.3 Å². The Labute approximate surface area is 223 Å². The molecule has 5 N–H and O–H groups in total. The zero-order valence-electron chi connectivity index (χ0n) is 20.9. The number of halogens is 4. The van der Waals surface area contributed by atoms with Gasteiger partial charge in [0.15, 0.2) is 0 Å². The molecule has 0 radical (unpaired) electrons. The van der Waals surface area contributed by atoms with Crippen molar-refractivity contribution < 1.29 is 32.5 Å². The number of alkyl halides is 3. The average Bonchev–Trinajstić information content (AvgIpc) is 3.30. The number of piperidine rings is 1. The molecule has 3 rings (SSSR count). The fraction of sp³-hybridized carbons (Fsp3) is 0.500. The highest BCUT2D eigenvalue weighted by Crippen LogP contribution is 2.32. The molecule has 1 aliphatic heterocycles. The van der Waals surface area contributed by atoms with E-state index < -0.39 is 18.8 Å². The van der Waals surface area contributed by atoms with Crippen molar-refractivity contribution in [3.05, 3.63) is 41.2 Å². The standard InChI is InChI=1S/C24H32ClF3N6O4/c1-30-19-6-9-33(10-12-37-13-11-35)21(19)22(29)32-16-2-3-20(18(25)14-16)38-17-4-7-34(8-5-17)23(36)31-15-24(26,27)28/h2-3,6,9,14,17,30,35H,4-5,7-8,10-13,15H2,1H3,(H2,29,32)(H,31,36). The molecular weight excluding hydrogens is 529 g/mol. The third-order valence-electron chi connectivity index (χ3n) is 5.82. The molecule has 0 saturated carbocycles. The van der Waals surface area contributed by atoms with E-state index in [0.29, 0.717) is 48.1 Å². The number of aromatic nitrogens is 1. The molecule has 0 spiro atoms. The van der Waals surface area contributed by atoms with Crippen LogP contribution in [0.2, 0.25) is 5.02 Å². The summed E-state index contributed by atoms with van der Waals surface area (Å²) >= 11 is 6.44. The maximum Gasteiger partial charge on any atom is 0.405 e. The summed E-state index contributed by atoms with van der Waals surface area (Å²) in [6.45, 7) is 0.289. The fourth-order valence-corrected chi connectivity index (χ4v) is 4.19. The smallest absolute Gasteiger partial charge is 0.405 e. The van der Waals surface area contributed by atoms with E-state index in [9.17, 15) is 18.0 Å². The van der Waals surface area contributed by atoms with Crippen molar-refractivity contribution in [2.24, 2.45) is 10.7 Å². The number of amidine groups is 1. The first-order valence-electron chi connectivity index (χ1n) is 12.1. The summed E-state index contributed by atoms with van der Waals surface area (Å²) in [5.74, 6) is 0.701. The molecule has 10 nitrogen and oxygen atoms in total. The topological polar surface area (TPSA) is 126 Å². The van der Waals surface area contributed by atoms with Crippen LogP contribution < -0.4 is 21.1 Å². The van der Waals surface area contributed by atoms with E-state index in [1.165, 1.54) is 4.90 Å². The van der Waals surface area contributed by atoms with Crippen molar-refractivity contribution in [1.82, 2.24) is 14.8 Å². The molecule has 1 saturated heterocycles. The van der Waals surface area contributed by atoms with Gasteiger partial charge in [0.05, 0.1) is 36.2 Å². The molecule has 210 valence electrons. The second-order valence-corrected chi connectivity index (χ2v) is 8.95. The van der Waals surface area contributed by atoms with Crippen molar-refractivity contribution in [3.63, 3.8) is 0 Å². The van der Waals surface area contributed by atoms with Gasteiger partial charge in [0.1, 0.15) is 29.9 Å². The van der Waals surface area contributed by atoms with Crippen molar-refractivity contribution in [3.8, 4) is 5.75 Å². The highest BCUT2D eigenvalue weighted by molar-refractivity contribution is 6.32. The summed E-state index contributed by atoms with van der Waals surface area (Å²) in [6.07, 6.45) is -1.93. The molecule has 0 aliphatic carbocycles. The first-order valence-corrected chi connectivity index (χ1v) is 12.4. The van der Waals surface area contributed by atoms with Gasteiger partial charge in [-0.25, -0.2) is 9.79 Å². The zero-order valence-corrected chi connectivity index (χ0v) is 21.7. The minimum atomic E-state index is -4.45. The largest absolute Gasteiger partial charge is 0.489 e. The first kappa shape index (κ1) is 29.4. The normalized spacial score (nSPS) is 15.0. The average molecular weight is 561 g/mol. The molecule has 0 atom stereocenters. The van der Waals surface area contributed by atoms with Gasteiger partial charge in [-0.15, -0.1) is 0 Å². The van der Waals surface area contributed by atoms with Gasteiger partial charge in [-0.05, 0) is 24.3 Å².